The Morgan fingerprint density at radius 2 is 1.89 bits per heavy atom. The van der Waals surface area contributed by atoms with E-state index in [1.54, 1.807) is 0 Å². The molecule has 0 aliphatic carbocycles. The molecule has 2 aromatic carbocycles. The fourth-order valence-electron chi connectivity index (χ4n) is 3.33. The molecule has 0 aliphatic rings. The van der Waals surface area contributed by atoms with E-state index in [4.69, 9.17) is 17.3 Å². The highest BCUT2D eigenvalue weighted by Crippen LogP contribution is 2.28. The molecule has 0 spiro atoms. The van der Waals surface area contributed by atoms with Gasteiger partial charge in [0, 0.05) is 28.7 Å². The van der Waals surface area contributed by atoms with Crippen molar-refractivity contribution in [3.05, 3.63) is 88.8 Å². The number of hydrogen-bond acceptors (Lipinski definition) is 2. The molecular weight excluding hydrogens is 372 g/mol. The summed E-state index contributed by atoms with van der Waals surface area (Å²) in [5, 5.41) is 3.27. The van der Waals surface area contributed by atoms with Crippen LogP contribution in [-0.4, -0.2) is 15.4 Å². The van der Waals surface area contributed by atoms with Gasteiger partial charge < -0.3 is 15.5 Å². The molecule has 6 heteroatoms. The van der Waals surface area contributed by atoms with Crippen molar-refractivity contribution in [3.63, 3.8) is 0 Å². The van der Waals surface area contributed by atoms with Crippen LogP contribution in [0.4, 0.5) is 10.5 Å². The average molecular weight is 391 g/mol. The lowest BCUT2D eigenvalue weighted by atomic mass is 10.0. The molecule has 4 aromatic rings. The van der Waals surface area contributed by atoms with Gasteiger partial charge in [0.15, 0.2) is 0 Å². The van der Waals surface area contributed by atoms with E-state index in [2.05, 4.69) is 27.0 Å². The van der Waals surface area contributed by atoms with Crippen molar-refractivity contribution in [2.45, 2.75) is 13.3 Å². The second-order valence-corrected chi connectivity index (χ2v) is 7.18. The van der Waals surface area contributed by atoms with E-state index in [9.17, 15) is 4.79 Å². The highest BCUT2D eigenvalue weighted by Gasteiger charge is 2.11. The van der Waals surface area contributed by atoms with E-state index < -0.39 is 6.03 Å². The summed E-state index contributed by atoms with van der Waals surface area (Å²) in [6.45, 7) is 1.99. The second-order valence-electron chi connectivity index (χ2n) is 6.75. The number of carbonyl (C=O) groups is 1. The number of primary amides is 1. The van der Waals surface area contributed by atoms with Gasteiger partial charge in [0.2, 0.25) is 0 Å². The topological polar surface area (TPSA) is 72.4 Å². The molecule has 4 rings (SSSR count). The first-order valence-corrected chi connectivity index (χ1v) is 9.25. The fourth-order valence-corrected chi connectivity index (χ4v) is 3.52. The minimum Gasteiger partial charge on any atom is -0.351 e. The van der Waals surface area contributed by atoms with Crippen LogP contribution >= 0.6 is 11.6 Å². The number of nitrogens with two attached hydrogens (primary N) is 1. The summed E-state index contributed by atoms with van der Waals surface area (Å²) in [6, 6.07) is 17.0. The monoisotopic (exact) mass is 390 g/mol. The zero-order valence-corrected chi connectivity index (χ0v) is 16.1. The Kier molecular flexibility index (Phi) is 4.75. The summed E-state index contributed by atoms with van der Waals surface area (Å²) >= 11 is 6.21. The number of urea groups is 1. The van der Waals surface area contributed by atoms with Crippen molar-refractivity contribution in [2.24, 2.45) is 5.73 Å². The van der Waals surface area contributed by atoms with Crippen LogP contribution in [0, 0.1) is 6.92 Å². The van der Waals surface area contributed by atoms with Gasteiger partial charge in [-0.15, -0.1) is 0 Å². The van der Waals surface area contributed by atoms with Crippen LogP contribution in [0.25, 0.3) is 16.8 Å². The molecule has 5 nitrogen and oxygen atoms in total. The quantitative estimate of drug-likeness (QED) is 0.512. The third-order valence-corrected chi connectivity index (χ3v) is 4.73. The number of anilines is 1. The van der Waals surface area contributed by atoms with Crippen LogP contribution in [0.15, 0.2) is 67.0 Å². The Labute approximate surface area is 167 Å². The third kappa shape index (κ3) is 3.85. The molecule has 0 unspecified atom stereocenters. The molecule has 0 bridgehead atoms. The van der Waals surface area contributed by atoms with E-state index in [1.807, 2.05) is 61.7 Å². The number of nitrogens with zero attached hydrogens (tertiary/aromatic N) is 2. The Morgan fingerprint density at radius 3 is 2.61 bits per heavy atom. The summed E-state index contributed by atoms with van der Waals surface area (Å²) in [6.07, 6.45) is 4.86. The summed E-state index contributed by atoms with van der Waals surface area (Å²) < 4.78 is 2.06. The molecule has 2 heterocycles. The molecule has 28 heavy (non-hydrogen) atoms. The van der Waals surface area contributed by atoms with Gasteiger partial charge in [-0.1, -0.05) is 35.9 Å². The Balaban J connectivity index is 1.72. The molecule has 2 amide bonds. The van der Waals surface area contributed by atoms with Crippen LogP contribution in [0.5, 0.6) is 0 Å². The van der Waals surface area contributed by atoms with Gasteiger partial charge in [-0.3, -0.25) is 0 Å². The average Bonchev–Trinajstić information content (AvgIpc) is 3.02. The lowest BCUT2D eigenvalue weighted by molar-refractivity contribution is 0.259. The molecule has 2 aromatic heterocycles. The van der Waals surface area contributed by atoms with E-state index in [0.29, 0.717) is 10.7 Å². The molecule has 0 saturated carbocycles. The maximum atomic E-state index is 11.0. The van der Waals surface area contributed by atoms with Crippen LogP contribution in [-0.2, 0) is 6.42 Å². The van der Waals surface area contributed by atoms with E-state index in [1.165, 1.54) is 0 Å². The minimum absolute atomic E-state index is 0.570. The highest BCUT2D eigenvalue weighted by atomic mass is 35.5. The zero-order valence-electron chi connectivity index (χ0n) is 15.3. The van der Waals surface area contributed by atoms with Crippen molar-refractivity contribution < 1.29 is 4.79 Å². The number of aryl methyl sites for hydroxylation is 1. The first kappa shape index (κ1) is 18.1. The van der Waals surface area contributed by atoms with Crippen LogP contribution in [0.1, 0.15) is 16.8 Å². The summed E-state index contributed by atoms with van der Waals surface area (Å²) in [7, 11) is 0. The number of carbonyl (C=O) groups excluding carboxylic acids is 1. The van der Waals surface area contributed by atoms with Crippen molar-refractivity contribution in [2.75, 3.05) is 5.32 Å². The van der Waals surface area contributed by atoms with Crippen LogP contribution in [0.2, 0.25) is 5.02 Å². The predicted molar refractivity (Wildman–Crippen MR) is 113 cm³/mol. The van der Waals surface area contributed by atoms with Gasteiger partial charge in [0.05, 0.1) is 5.69 Å². The van der Waals surface area contributed by atoms with Crippen LogP contribution < -0.4 is 11.1 Å². The SMILES string of the molecule is Cc1cn2cc(Cc3ccc(NC(N)=O)cc3)cc(-c3cccc(Cl)c3)c2n1. The Hall–Kier alpha value is -3.31. The minimum atomic E-state index is -0.570. The maximum Gasteiger partial charge on any atom is 0.316 e. The number of imidazole rings is 1. The highest BCUT2D eigenvalue weighted by molar-refractivity contribution is 6.30. The first-order valence-electron chi connectivity index (χ1n) is 8.87. The van der Waals surface area contributed by atoms with Gasteiger partial charge >= 0.3 is 6.03 Å². The Bertz CT molecular complexity index is 1170. The lowest BCUT2D eigenvalue weighted by Crippen LogP contribution is -2.19. The number of aromatic nitrogens is 2. The van der Waals surface area contributed by atoms with Gasteiger partial charge in [0.25, 0.3) is 0 Å². The number of rotatable bonds is 4. The fraction of sp³-hybridized carbons (Fsp3) is 0.0909. The normalized spacial score (nSPS) is 10.9. The molecule has 0 saturated heterocycles. The largest absolute Gasteiger partial charge is 0.351 e. The molecule has 0 aliphatic heterocycles. The number of amides is 2. The van der Waals surface area contributed by atoms with Crippen molar-refractivity contribution >= 4 is 29.0 Å². The summed E-state index contributed by atoms with van der Waals surface area (Å²) in [4.78, 5) is 15.6. The van der Waals surface area contributed by atoms with Gasteiger partial charge in [-0.2, -0.15) is 0 Å². The number of hydrogen-bond donors (Lipinski definition) is 2. The number of pyridine rings is 1. The maximum absolute atomic E-state index is 11.0. The van der Waals surface area contributed by atoms with Crippen molar-refractivity contribution in [1.82, 2.24) is 9.38 Å². The summed E-state index contributed by atoms with van der Waals surface area (Å²) in [5.41, 5.74) is 12.1. The standard InChI is InChI=1S/C22H19ClN4O/c1-14-12-27-13-16(9-15-5-7-19(8-6-15)26-22(24)28)10-20(21(27)25-14)17-3-2-4-18(23)11-17/h2-8,10-13H,9H2,1H3,(H3,24,26,28). The molecule has 140 valence electrons. The number of halogens is 1. The number of nitrogens with one attached hydrogen (secondary N) is 1. The smallest absolute Gasteiger partial charge is 0.316 e. The second kappa shape index (κ2) is 7.37. The van der Waals surface area contributed by atoms with E-state index >= 15 is 0 Å². The van der Waals surface area contributed by atoms with Gasteiger partial charge in [0.1, 0.15) is 5.65 Å². The summed E-state index contributed by atoms with van der Waals surface area (Å²) in [5.74, 6) is 0. The van der Waals surface area contributed by atoms with Gasteiger partial charge in [-0.25, -0.2) is 9.78 Å². The number of fused-ring (bicyclic) bond motifs is 1. The van der Waals surface area contributed by atoms with Gasteiger partial charge in [-0.05, 0) is 60.4 Å². The number of benzene rings is 2. The zero-order chi connectivity index (χ0) is 19.7. The van der Waals surface area contributed by atoms with Crippen LogP contribution in [0.3, 0.4) is 0 Å². The van der Waals surface area contributed by atoms with Crippen molar-refractivity contribution in [3.8, 4) is 11.1 Å². The van der Waals surface area contributed by atoms with E-state index in [0.717, 1.165) is 40.0 Å². The molecule has 0 radical (unpaired) electrons. The third-order valence-electron chi connectivity index (χ3n) is 4.49. The molecule has 3 N–H and O–H groups in total. The van der Waals surface area contributed by atoms with E-state index in [-0.39, 0.29) is 0 Å². The first-order chi connectivity index (χ1) is 13.5. The molecular formula is C22H19ClN4O. The van der Waals surface area contributed by atoms with Crippen molar-refractivity contribution in [1.29, 1.82) is 0 Å². The molecule has 0 atom stereocenters. The lowest BCUT2D eigenvalue weighted by Gasteiger charge is -2.10. The Morgan fingerprint density at radius 1 is 1.11 bits per heavy atom. The molecule has 0 fully saturated rings. The predicted octanol–water partition coefficient (Wildman–Crippen LogP) is 5.04.